The molecule has 0 bridgehead atoms. The van der Waals surface area contributed by atoms with Crippen LogP contribution >= 0.6 is 0 Å². The lowest BCUT2D eigenvalue weighted by Crippen LogP contribution is -2.25. The number of carbonyl (C=O) groups is 1. The molecule has 118 valence electrons. The molecule has 0 fully saturated rings. The predicted octanol–water partition coefficient (Wildman–Crippen LogP) is 3.29. The molecule has 1 aliphatic carbocycles. The van der Waals surface area contributed by atoms with Crippen LogP contribution in [0.3, 0.4) is 0 Å². The lowest BCUT2D eigenvalue weighted by molar-refractivity contribution is -0.149. The first kappa shape index (κ1) is 15.9. The third-order valence-corrected chi connectivity index (χ3v) is 3.72. The summed E-state index contributed by atoms with van der Waals surface area (Å²) in [5.74, 6) is -0.524. The van der Waals surface area contributed by atoms with Gasteiger partial charge in [-0.3, -0.25) is 4.68 Å². The first-order valence-corrected chi connectivity index (χ1v) is 7.24. The first-order valence-electron chi connectivity index (χ1n) is 7.24. The molecule has 2 rings (SSSR count). The number of esters is 1. The molecule has 0 radical (unpaired) electrons. The normalized spacial score (nSPS) is 16.4. The summed E-state index contributed by atoms with van der Waals surface area (Å²) >= 11 is 0. The Hall–Kier alpha value is -1.53. The Morgan fingerprint density at radius 2 is 2.00 bits per heavy atom. The first-order chi connectivity index (χ1) is 9.90. The van der Waals surface area contributed by atoms with Gasteiger partial charge in [0.1, 0.15) is 6.04 Å². The number of hydrogen-bond donors (Lipinski definition) is 0. The molecule has 1 unspecified atom stereocenters. The maximum atomic E-state index is 13.1. The van der Waals surface area contributed by atoms with Gasteiger partial charge in [0.2, 0.25) is 0 Å². The highest BCUT2D eigenvalue weighted by Crippen LogP contribution is 2.37. The maximum absolute atomic E-state index is 13.1. The van der Waals surface area contributed by atoms with Crippen molar-refractivity contribution in [2.24, 2.45) is 0 Å². The zero-order valence-electron chi connectivity index (χ0n) is 12.2. The van der Waals surface area contributed by atoms with Gasteiger partial charge in [0, 0.05) is 11.3 Å². The molecule has 1 aromatic heterocycles. The lowest BCUT2D eigenvalue weighted by atomic mass is 9.95. The van der Waals surface area contributed by atoms with Crippen LogP contribution in [-0.4, -0.2) is 22.4 Å². The van der Waals surface area contributed by atoms with E-state index in [9.17, 15) is 18.0 Å². The van der Waals surface area contributed by atoms with Crippen LogP contribution in [0.4, 0.5) is 13.2 Å². The number of ether oxygens (including phenoxy) is 1. The monoisotopic (exact) mass is 304 g/mol. The summed E-state index contributed by atoms with van der Waals surface area (Å²) < 4.78 is 45.5. The molecule has 0 saturated heterocycles. The number of nitrogens with zero attached hydrogens (tertiary/aromatic N) is 2. The maximum Gasteiger partial charge on any atom is 0.435 e. The van der Waals surface area contributed by atoms with Crippen LogP contribution < -0.4 is 0 Å². The van der Waals surface area contributed by atoms with Crippen LogP contribution in [0, 0.1) is 0 Å². The third-order valence-electron chi connectivity index (χ3n) is 3.72. The predicted molar refractivity (Wildman–Crippen MR) is 69.8 cm³/mol. The molecule has 0 aliphatic heterocycles. The zero-order valence-corrected chi connectivity index (χ0v) is 12.2. The molecule has 1 atom stereocenters. The number of carbonyl (C=O) groups excluding carboxylic acids is 1. The number of alkyl halides is 3. The molecular weight excluding hydrogens is 285 g/mol. The molecule has 21 heavy (non-hydrogen) atoms. The van der Waals surface area contributed by atoms with Crippen molar-refractivity contribution in [1.29, 1.82) is 0 Å². The van der Waals surface area contributed by atoms with E-state index in [4.69, 9.17) is 4.74 Å². The Balaban J connectivity index is 2.48. The molecule has 7 heteroatoms. The molecular formula is C14H19F3N2O2. The summed E-state index contributed by atoms with van der Waals surface area (Å²) in [6.07, 6.45) is -1.71. The van der Waals surface area contributed by atoms with Crippen molar-refractivity contribution < 1.29 is 22.7 Å². The van der Waals surface area contributed by atoms with Gasteiger partial charge in [-0.1, -0.05) is 6.92 Å². The van der Waals surface area contributed by atoms with E-state index < -0.39 is 23.9 Å². The van der Waals surface area contributed by atoms with Crippen LogP contribution in [0.5, 0.6) is 0 Å². The van der Waals surface area contributed by atoms with E-state index in [1.165, 1.54) is 4.68 Å². The second kappa shape index (κ2) is 6.07. The standard InChI is InChI=1S/C14H19F3N2O2/c1-3-10(13(20)21-4-2)19-11-8-6-5-7-9(11)12(18-19)14(15,16)17/h10H,3-8H2,1-2H3. The molecule has 0 N–H and O–H groups in total. The Morgan fingerprint density at radius 1 is 1.33 bits per heavy atom. The summed E-state index contributed by atoms with van der Waals surface area (Å²) in [5.41, 5.74) is -0.0649. The molecule has 0 spiro atoms. The molecule has 1 heterocycles. The fourth-order valence-corrected chi connectivity index (χ4v) is 2.79. The average Bonchev–Trinajstić information content (AvgIpc) is 2.80. The minimum atomic E-state index is -4.49. The van der Waals surface area contributed by atoms with Crippen LogP contribution in [-0.2, 0) is 28.5 Å². The molecule has 4 nitrogen and oxygen atoms in total. The molecule has 0 amide bonds. The van der Waals surface area contributed by atoms with Crippen molar-refractivity contribution in [3.63, 3.8) is 0 Å². The van der Waals surface area contributed by atoms with Crippen molar-refractivity contribution in [2.45, 2.75) is 58.2 Å². The quantitative estimate of drug-likeness (QED) is 0.802. The van der Waals surface area contributed by atoms with E-state index in [0.717, 1.165) is 12.8 Å². The van der Waals surface area contributed by atoms with E-state index in [1.807, 2.05) is 0 Å². The highest BCUT2D eigenvalue weighted by Gasteiger charge is 2.41. The Labute approximate surface area is 121 Å². The minimum Gasteiger partial charge on any atom is -0.464 e. The van der Waals surface area contributed by atoms with E-state index in [-0.39, 0.29) is 12.2 Å². The highest BCUT2D eigenvalue weighted by atomic mass is 19.4. The number of halogens is 3. The summed E-state index contributed by atoms with van der Waals surface area (Å²) in [6, 6.07) is -0.784. The van der Waals surface area contributed by atoms with Gasteiger partial charge in [-0.2, -0.15) is 18.3 Å². The third kappa shape index (κ3) is 3.06. The molecule has 0 saturated carbocycles. The van der Waals surface area contributed by atoms with E-state index in [1.54, 1.807) is 13.8 Å². The van der Waals surface area contributed by atoms with E-state index in [0.29, 0.717) is 25.0 Å². The number of hydrogen-bond acceptors (Lipinski definition) is 3. The van der Waals surface area contributed by atoms with Gasteiger partial charge < -0.3 is 4.74 Å². The van der Waals surface area contributed by atoms with Gasteiger partial charge >= 0.3 is 12.1 Å². The number of rotatable bonds is 4. The molecule has 1 aromatic rings. The van der Waals surface area contributed by atoms with Gasteiger partial charge in [0.25, 0.3) is 0 Å². The zero-order chi connectivity index (χ0) is 15.6. The highest BCUT2D eigenvalue weighted by molar-refractivity contribution is 5.74. The fourth-order valence-electron chi connectivity index (χ4n) is 2.79. The molecule has 0 aromatic carbocycles. The summed E-state index contributed by atoms with van der Waals surface area (Å²) in [6.45, 7) is 3.61. The second-order valence-corrected chi connectivity index (χ2v) is 5.10. The number of aromatic nitrogens is 2. The summed E-state index contributed by atoms with van der Waals surface area (Å²) in [7, 11) is 0. The topological polar surface area (TPSA) is 44.1 Å². The van der Waals surface area contributed by atoms with Crippen molar-refractivity contribution in [3.8, 4) is 0 Å². The van der Waals surface area contributed by atoms with Crippen LogP contribution in [0.2, 0.25) is 0 Å². The van der Waals surface area contributed by atoms with Crippen LogP contribution in [0.1, 0.15) is 56.1 Å². The van der Waals surface area contributed by atoms with Gasteiger partial charge in [-0.05, 0) is 39.0 Å². The van der Waals surface area contributed by atoms with Crippen molar-refractivity contribution in [2.75, 3.05) is 6.61 Å². The van der Waals surface area contributed by atoms with Gasteiger partial charge in [0.05, 0.1) is 6.61 Å². The van der Waals surface area contributed by atoms with E-state index in [2.05, 4.69) is 5.10 Å². The Morgan fingerprint density at radius 3 is 2.57 bits per heavy atom. The van der Waals surface area contributed by atoms with Gasteiger partial charge in [-0.25, -0.2) is 4.79 Å². The smallest absolute Gasteiger partial charge is 0.435 e. The Bertz CT molecular complexity index is 523. The number of fused-ring (bicyclic) bond motifs is 1. The lowest BCUT2D eigenvalue weighted by Gasteiger charge is -2.19. The van der Waals surface area contributed by atoms with Crippen LogP contribution in [0.25, 0.3) is 0 Å². The van der Waals surface area contributed by atoms with Crippen molar-refractivity contribution in [1.82, 2.24) is 9.78 Å². The minimum absolute atomic E-state index is 0.199. The SMILES string of the molecule is CCOC(=O)C(CC)n1nc(C(F)(F)F)c2c1CCCC2. The summed E-state index contributed by atoms with van der Waals surface area (Å²) in [4.78, 5) is 12.0. The van der Waals surface area contributed by atoms with Gasteiger partial charge in [0.15, 0.2) is 5.69 Å². The largest absolute Gasteiger partial charge is 0.464 e. The van der Waals surface area contributed by atoms with Crippen molar-refractivity contribution in [3.05, 3.63) is 17.0 Å². The average molecular weight is 304 g/mol. The van der Waals surface area contributed by atoms with Gasteiger partial charge in [-0.15, -0.1) is 0 Å². The van der Waals surface area contributed by atoms with E-state index >= 15 is 0 Å². The van der Waals surface area contributed by atoms with Crippen molar-refractivity contribution >= 4 is 5.97 Å². The fraction of sp³-hybridized carbons (Fsp3) is 0.714. The summed E-state index contributed by atoms with van der Waals surface area (Å²) in [5, 5.41) is 3.73. The van der Waals surface area contributed by atoms with Crippen LogP contribution in [0.15, 0.2) is 0 Å². The second-order valence-electron chi connectivity index (χ2n) is 5.10. The Kier molecular flexibility index (Phi) is 4.58. The molecule has 1 aliphatic rings.